The van der Waals surface area contributed by atoms with E-state index in [1.165, 1.54) is 36.8 Å². The lowest BCUT2D eigenvalue weighted by Gasteiger charge is -2.16. The molecule has 1 aromatic carbocycles. The van der Waals surface area contributed by atoms with E-state index in [1.54, 1.807) is 0 Å². The van der Waals surface area contributed by atoms with Gasteiger partial charge in [0.25, 0.3) is 0 Å². The first-order valence-corrected chi connectivity index (χ1v) is 9.89. The number of rotatable bonds is 9. The summed E-state index contributed by atoms with van der Waals surface area (Å²) < 4.78 is 5.72. The van der Waals surface area contributed by atoms with Gasteiger partial charge in [-0.15, -0.1) is 0 Å². The summed E-state index contributed by atoms with van der Waals surface area (Å²) in [5.41, 5.74) is 2.66. The van der Waals surface area contributed by atoms with E-state index in [9.17, 15) is 9.90 Å². The molecule has 0 aromatic heterocycles. The number of carboxylic acid groups (broad SMARTS) is 1. The SMILES string of the molecule is CCCCCCC(Oc1ccc(/C2=C/CCCCCC2)cc1)C(=O)O. The van der Waals surface area contributed by atoms with Crippen LogP contribution in [0.15, 0.2) is 30.3 Å². The summed E-state index contributed by atoms with van der Waals surface area (Å²) in [7, 11) is 0. The number of hydrogen-bond donors (Lipinski definition) is 1. The van der Waals surface area contributed by atoms with Crippen LogP contribution in [0.1, 0.15) is 83.1 Å². The molecule has 1 aromatic rings. The Bertz CT molecular complexity index is 545. The van der Waals surface area contributed by atoms with Crippen molar-refractivity contribution in [3.8, 4) is 5.75 Å². The molecule has 0 amide bonds. The van der Waals surface area contributed by atoms with Crippen molar-refractivity contribution in [3.63, 3.8) is 0 Å². The van der Waals surface area contributed by atoms with Gasteiger partial charge in [0.15, 0.2) is 6.10 Å². The molecule has 0 saturated carbocycles. The van der Waals surface area contributed by atoms with Gasteiger partial charge in [-0.25, -0.2) is 4.79 Å². The van der Waals surface area contributed by atoms with Gasteiger partial charge in [-0.2, -0.15) is 0 Å². The predicted octanol–water partition coefficient (Wildman–Crippen LogP) is 6.23. The van der Waals surface area contributed by atoms with E-state index < -0.39 is 12.1 Å². The van der Waals surface area contributed by atoms with Gasteiger partial charge in [-0.1, -0.05) is 57.2 Å². The molecule has 0 radical (unpaired) electrons. The standard InChI is InChI=1S/C22H32O3/c1-2-3-4-10-13-21(22(23)24)25-20-16-14-19(15-17-20)18-11-8-6-5-7-9-12-18/h11,14-17,21H,2-10,12-13H2,1H3,(H,23,24)/b18-11+. The highest BCUT2D eigenvalue weighted by atomic mass is 16.5. The molecule has 0 spiro atoms. The van der Waals surface area contributed by atoms with Crippen molar-refractivity contribution < 1.29 is 14.6 Å². The first-order chi connectivity index (χ1) is 12.2. The largest absolute Gasteiger partial charge is 0.479 e. The Hall–Kier alpha value is -1.77. The molecule has 1 atom stereocenters. The second-order valence-electron chi connectivity index (χ2n) is 7.00. The Morgan fingerprint density at radius 3 is 2.56 bits per heavy atom. The third kappa shape index (κ3) is 6.93. The summed E-state index contributed by atoms with van der Waals surface area (Å²) in [6.07, 6.45) is 13.9. The van der Waals surface area contributed by atoms with Crippen LogP contribution in [0, 0.1) is 0 Å². The van der Waals surface area contributed by atoms with E-state index >= 15 is 0 Å². The average Bonchev–Trinajstić information content (AvgIpc) is 2.58. The zero-order chi connectivity index (χ0) is 17.9. The van der Waals surface area contributed by atoms with Crippen molar-refractivity contribution in [2.45, 2.75) is 83.7 Å². The summed E-state index contributed by atoms with van der Waals surface area (Å²) in [5, 5.41) is 9.37. The highest BCUT2D eigenvalue weighted by Crippen LogP contribution is 2.27. The van der Waals surface area contributed by atoms with Crippen molar-refractivity contribution in [3.05, 3.63) is 35.9 Å². The first kappa shape index (κ1) is 19.6. The first-order valence-electron chi connectivity index (χ1n) is 9.89. The lowest BCUT2D eigenvalue weighted by atomic mass is 9.95. The van der Waals surface area contributed by atoms with Crippen molar-refractivity contribution in [2.75, 3.05) is 0 Å². The quantitative estimate of drug-likeness (QED) is 0.540. The highest BCUT2D eigenvalue weighted by Gasteiger charge is 2.19. The minimum atomic E-state index is -0.872. The molecule has 1 unspecified atom stereocenters. The van der Waals surface area contributed by atoms with Crippen LogP contribution in [0.5, 0.6) is 5.75 Å². The maximum atomic E-state index is 11.4. The number of carbonyl (C=O) groups is 1. The Balaban J connectivity index is 1.94. The lowest BCUT2D eigenvalue weighted by molar-refractivity contribution is -0.145. The van der Waals surface area contributed by atoms with Crippen LogP contribution in [0.4, 0.5) is 0 Å². The fourth-order valence-corrected chi connectivity index (χ4v) is 3.36. The van der Waals surface area contributed by atoms with Gasteiger partial charge < -0.3 is 9.84 Å². The summed E-state index contributed by atoms with van der Waals surface area (Å²) in [6, 6.07) is 7.96. The van der Waals surface area contributed by atoms with E-state index in [1.807, 2.05) is 12.1 Å². The number of aliphatic carboxylic acids is 1. The van der Waals surface area contributed by atoms with Gasteiger partial charge in [0.2, 0.25) is 0 Å². The monoisotopic (exact) mass is 344 g/mol. The average molecular weight is 344 g/mol. The second-order valence-corrected chi connectivity index (χ2v) is 7.00. The number of ether oxygens (including phenoxy) is 1. The minimum Gasteiger partial charge on any atom is -0.479 e. The zero-order valence-corrected chi connectivity index (χ0v) is 15.5. The molecule has 0 bridgehead atoms. The molecule has 0 fully saturated rings. The molecular weight excluding hydrogens is 312 g/mol. The van der Waals surface area contributed by atoms with Gasteiger partial charge in [0.1, 0.15) is 5.75 Å². The Labute approximate surface area is 152 Å². The van der Waals surface area contributed by atoms with Gasteiger partial charge in [-0.3, -0.25) is 0 Å². The number of hydrogen-bond acceptors (Lipinski definition) is 2. The summed E-state index contributed by atoms with van der Waals surface area (Å²) >= 11 is 0. The Kier molecular flexibility index (Phi) is 8.58. The fourth-order valence-electron chi connectivity index (χ4n) is 3.36. The Morgan fingerprint density at radius 2 is 1.84 bits per heavy atom. The van der Waals surface area contributed by atoms with E-state index in [0.29, 0.717) is 12.2 Å². The molecule has 1 N–H and O–H groups in total. The maximum Gasteiger partial charge on any atom is 0.344 e. The zero-order valence-electron chi connectivity index (χ0n) is 15.5. The van der Waals surface area contributed by atoms with Crippen LogP contribution in [-0.2, 0) is 4.79 Å². The second kappa shape index (κ2) is 11.0. The van der Waals surface area contributed by atoms with Crippen molar-refractivity contribution in [2.24, 2.45) is 0 Å². The number of unbranched alkanes of at least 4 members (excludes halogenated alkanes) is 3. The third-order valence-electron chi connectivity index (χ3n) is 4.89. The molecule has 3 nitrogen and oxygen atoms in total. The number of benzene rings is 1. The normalized spacial score (nSPS) is 18.5. The van der Waals surface area contributed by atoms with Crippen LogP contribution in [-0.4, -0.2) is 17.2 Å². The predicted molar refractivity (Wildman–Crippen MR) is 103 cm³/mol. The molecule has 0 heterocycles. The molecule has 0 aliphatic heterocycles. The van der Waals surface area contributed by atoms with E-state index in [2.05, 4.69) is 25.1 Å². The molecular formula is C22H32O3. The van der Waals surface area contributed by atoms with E-state index in [4.69, 9.17) is 4.74 Å². The topological polar surface area (TPSA) is 46.5 Å². The maximum absolute atomic E-state index is 11.4. The van der Waals surface area contributed by atoms with Crippen molar-refractivity contribution >= 4 is 11.5 Å². The lowest BCUT2D eigenvalue weighted by Crippen LogP contribution is -2.26. The fraction of sp³-hybridized carbons (Fsp3) is 0.591. The smallest absolute Gasteiger partial charge is 0.344 e. The summed E-state index contributed by atoms with van der Waals surface area (Å²) in [4.78, 5) is 11.4. The Morgan fingerprint density at radius 1 is 1.08 bits per heavy atom. The van der Waals surface area contributed by atoms with Crippen LogP contribution in [0.25, 0.3) is 5.57 Å². The molecule has 138 valence electrons. The van der Waals surface area contributed by atoms with E-state index in [0.717, 1.165) is 38.5 Å². The van der Waals surface area contributed by atoms with Gasteiger partial charge in [0.05, 0.1) is 0 Å². The third-order valence-corrected chi connectivity index (χ3v) is 4.89. The van der Waals surface area contributed by atoms with E-state index in [-0.39, 0.29) is 0 Å². The van der Waals surface area contributed by atoms with Gasteiger partial charge in [0, 0.05) is 0 Å². The molecule has 0 saturated heterocycles. The number of carboxylic acids is 1. The molecule has 2 rings (SSSR count). The minimum absolute atomic E-state index is 0.572. The van der Waals surface area contributed by atoms with Crippen LogP contribution < -0.4 is 4.74 Å². The van der Waals surface area contributed by atoms with Crippen LogP contribution in [0.3, 0.4) is 0 Å². The molecule has 25 heavy (non-hydrogen) atoms. The highest BCUT2D eigenvalue weighted by molar-refractivity contribution is 5.72. The van der Waals surface area contributed by atoms with Crippen molar-refractivity contribution in [1.29, 1.82) is 0 Å². The van der Waals surface area contributed by atoms with Crippen molar-refractivity contribution in [1.82, 2.24) is 0 Å². The van der Waals surface area contributed by atoms with Crippen LogP contribution in [0.2, 0.25) is 0 Å². The molecule has 1 aliphatic carbocycles. The molecule has 3 heteroatoms. The van der Waals surface area contributed by atoms with Crippen LogP contribution >= 0.6 is 0 Å². The summed E-state index contributed by atoms with van der Waals surface area (Å²) in [5.74, 6) is -0.221. The number of allylic oxidation sites excluding steroid dienone is 2. The molecule has 1 aliphatic rings. The van der Waals surface area contributed by atoms with Gasteiger partial charge in [-0.05, 0) is 61.8 Å². The summed E-state index contributed by atoms with van der Waals surface area (Å²) in [6.45, 7) is 2.15. The van der Waals surface area contributed by atoms with Gasteiger partial charge >= 0.3 is 5.97 Å².